The van der Waals surface area contributed by atoms with E-state index in [1.165, 1.54) is 218 Å². The number of hydrogen-bond acceptors (Lipinski definition) is 7. The highest BCUT2D eigenvalue weighted by molar-refractivity contribution is 5.71. The molecule has 9 heteroatoms. The van der Waals surface area contributed by atoms with Crippen molar-refractivity contribution >= 4 is 17.9 Å². The monoisotopic (exact) mass is 1410 g/mol. The lowest BCUT2D eigenvalue weighted by Crippen LogP contribution is -2.40. The second-order valence-corrected chi connectivity index (χ2v) is 29.0. The highest BCUT2D eigenvalue weighted by atomic mass is 16.7. The molecule has 1 N–H and O–H groups in total. The van der Waals surface area contributed by atoms with E-state index in [0.29, 0.717) is 17.4 Å². The summed E-state index contributed by atoms with van der Waals surface area (Å²) < 4.78 is 23.1. The van der Waals surface area contributed by atoms with E-state index < -0.39 is 24.3 Å². The summed E-state index contributed by atoms with van der Waals surface area (Å²) in [5.74, 6) is -1.99. The maximum atomic E-state index is 13.0. The fraction of sp³-hybridized carbons (Fsp3) is 0.707. The van der Waals surface area contributed by atoms with E-state index >= 15 is 0 Å². The Hall–Kier alpha value is -4.83. The zero-order valence-corrected chi connectivity index (χ0v) is 66.3. The van der Waals surface area contributed by atoms with Crippen LogP contribution in [0.15, 0.2) is 146 Å². The molecule has 0 aliphatic rings. The number of likely N-dealkylation sites (N-methyl/N-ethyl adjacent to an activating group) is 1. The average molecular weight is 1410 g/mol. The van der Waals surface area contributed by atoms with E-state index in [1.54, 1.807) is 0 Å². The van der Waals surface area contributed by atoms with Gasteiger partial charge in [-0.25, -0.2) is 4.79 Å². The van der Waals surface area contributed by atoms with Crippen molar-refractivity contribution in [3.8, 4) is 0 Å². The van der Waals surface area contributed by atoms with Crippen molar-refractivity contribution in [1.82, 2.24) is 0 Å². The quantitative estimate of drug-likeness (QED) is 0.0211. The zero-order chi connectivity index (χ0) is 73.2. The number of nitrogens with zero attached hydrogens (tertiary/aromatic N) is 1. The van der Waals surface area contributed by atoms with Crippen molar-refractivity contribution in [2.24, 2.45) is 0 Å². The number of ether oxygens (including phenoxy) is 4. The molecule has 578 valence electrons. The Bertz CT molecular complexity index is 2180. The third kappa shape index (κ3) is 82.3. The summed E-state index contributed by atoms with van der Waals surface area (Å²) in [5, 5.41) is 9.79. The van der Waals surface area contributed by atoms with E-state index in [0.717, 1.165) is 116 Å². The normalized spacial score (nSPS) is 13.4. The molecule has 0 radical (unpaired) electrons. The molecule has 0 rings (SSSR count). The lowest BCUT2D eigenvalue weighted by atomic mass is 10.0. The summed E-state index contributed by atoms with van der Waals surface area (Å²) in [7, 11) is 5.99. The van der Waals surface area contributed by atoms with Crippen LogP contribution in [-0.4, -0.2) is 87.4 Å². The molecular formula is C92H158NO8+. The SMILES string of the molecule is CC/C=C\C/C=C\C/C=C\C/C=C\C/C=C\C/C=C\C/C=C\C/C=C\CCCCCCCCCCCCCCCCC(=O)OC(COC(=O)CCCCCCCCCCCCCCCCCCCCCCCCCC/C=C\C/C=C\C/C=C\C/C=C\CC)COC(OCC[N+](C)(C)C)C(=O)O. The van der Waals surface area contributed by atoms with E-state index in [4.69, 9.17) is 18.9 Å². The van der Waals surface area contributed by atoms with E-state index in [1.807, 2.05) is 21.1 Å². The zero-order valence-electron chi connectivity index (χ0n) is 66.3. The van der Waals surface area contributed by atoms with E-state index in [9.17, 15) is 19.5 Å². The highest BCUT2D eigenvalue weighted by Crippen LogP contribution is 2.19. The molecule has 2 atom stereocenters. The number of carboxylic acid groups (broad SMARTS) is 1. The molecule has 0 heterocycles. The molecular weight excluding hydrogens is 1250 g/mol. The maximum absolute atomic E-state index is 13.0. The van der Waals surface area contributed by atoms with Crippen molar-refractivity contribution in [2.45, 2.75) is 373 Å². The van der Waals surface area contributed by atoms with Crippen molar-refractivity contribution in [2.75, 3.05) is 47.5 Å². The van der Waals surface area contributed by atoms with Gasteiger partial charge in [0.25, 0.3) is 6.29 Å². The van der Waals surface area contributed by atoms with Crippen molar-refractivity contribution in [1.29, 1.82) is 0 Å². The van der Waals surface area contributed by atoms with Crippen LogP contribution in [0.1, 0.15) is 361 Å². The van der Waals surface area contributed by atoms with Crippen LogP contribution >= 0.6 is 0 Å². The number of carbonyl (C=O) groups is 3. The van der Waals surface area contributed by atoms with Gasteiger partial charge in [0.05, 0.1) is 34.4 Å². The fourth-order valence-corrected chi connectivity index (χ4v) is 11.8. The van der Waals surface area contributed by atoms with Gasteiger partial charge in [-0.3, -0.25) is 9.59 Å². The number of aliphatic carboxylic acids is 1. The van der Waals surface area contributed by atoms with Gasteiger partial charge in [-0.15, -0.1) is 0 Å². The number of carbonyl (C=O) groups excluding carboxylic acids is 2. The smallest absolute Gasteiger partial charge is 0.361 e. The van der Waals surface area contributed by atoms with Gasteiger partial charge in [-0.1, -0.05) is 378 Å². The van der Waals surface area contributed by atoms with Gasteiger partial charge in [-0.05, 0) is 116 Å². The third-order valence-electron chi connectivity index (χ3n) is 18.1. The van der Waals surface area contributed by atoms with Crippen LogP contribution in [-0.2, 0) is 33.3 Å². The number of rotatable bonds is 77. The van der Waals surface area contributed by atoms with Crippen molar-refractivity contribution < 1.29 is 42.9 Å². The molecule has 0 saturated heterocycles. The lowest BCUT2D eigenvalue weighted by Gasteiger charge is -2.25. The first kappa shape index (κ1) is 96.2. The van der Waals surface area contributed by atoms with Gasteiger partial charge in [-0.2, -0.15) is 0 Å². The minimum Gasteiger partial charge on any atom is -0.477 e. The first-order valence-corrected chi connectivity index (χ1v) is 42.0. The topological polar surface area (TPSA) is 108 Å². The van der Waals surface area contributed by atoms with Gasteiger partial charge >= 0.3 is 17.9 Å². The molecule has 0 aliphatic heterocycles. The molecule has 0 aromatic carbocycles. The third-order valence-corrected chi connectivity index (χ3v) is 18.1. The predicted octanol–water partition coefficient (Wildman–Crippen LogP) is 27.4. The van der Waals surface area contributed by atoms with Crippen LogP contribution in [0.25, 0.3) is 0 Å². The molecule has 0 aromatic heterocycles. The van der Waals surface area contributed by atoms with Crippen molar-refractivity contribution in [3.63, 3.8) is 0 Å². The van der Waals surface area contributed by atoms with E-state index in [2.05, 4.69) is 160 Å². The molecule has 0 amide bonds. The minimum atomic E-state index is -1.52. The predicted molar refractivity (Wildman–Crippen MR) is 437 cm³/mol. The number of quaternary nitrogens is 1. The molecule has 9 nitrogen and oxygen atoms in total. The number of allylic oxidation sites excluding steroid dienone is 24. The average Bonchev–Trinajstić information content (AvgIpc) is 1.21. The Morgan fingerprint density at radius 3 is 0.792 bits per heavy atom. The van der Waals surface area contributed by atoms with E-state index in [-0.39, 0.29) is 32.2 Å². The van der Waals surface area contributed by atoms with Crippen LogP contribution in [0.5, 0.6) is 0 Å². The molecule has 0 aromatic rings. The second-order valence-electron chi connectivity index (χ2n) is 29.0. The minimum absolute atomic E-state index is 0.184. The summed E-state index contributed by atoms with van der Waals surface area (Å²) in [5.41, 5.74) is 0. The van der Waals surface area contributed by atoms with Crippen LogP contribution in [0.3, 0.4) is 0 Å². The first-order chi connectivity index (χ1) is 49.6. The molecule has 0 aliphatic carbocycles. The fourth-order valence-electron chi connectivity index (χ4n) is 11.8. The molecule has 2 unspecified atom stereocenters. The van der Waals surface area contributed by atoms with Gasteiger partial charge in [0.2, 0.25) is 0 Å². The Balaban J connectivity index is 4.01. The number of hydrogen-bond donors (Lipinski definition) is 1. The number of carboxylic acids is 1. The maximum Gasteiger partial charge on any atom is 0.361 e. The Kier molecular flexibility index (Phi) is 77.0. The lowest BCUT2D eigenvalue weighted by molar-refractivity contribution is -0.870. The van der Waals surface area contributed by atoms with Crippen LogP contribution in [0, 0.1) is 0 Å². The summed E-state index contributed by atoms with van der Waals surface area (Å²) in [6.07, 6.45) is 116. The standard InChI is InChI=1S/C92H157NO8/c1-6-8-10-12-14-16-18-20-22-24-26-28-30-32-34-36-38-40-42-44-45-47-49-51-53-55-57-59-61-63-65-67-69-71-73-75-77-79-81-83-90(95)101-88(87-100-92(91(96)97)98-85-84-93(3,4)5)86-99-89(94)82-80-78-76-74-72-70-68-66-64-62-60-58-56-54-52-50-48-46-43-41-39-37-35-33-31-29-27-25-23-21-19-17-15-13-11-9-7-2/h8-11,14-17,20-23,26-29,32,34,38,40,44-45,49,51,88,92H,6-7,12-13,18-19,24-25,30-31,33,35-37,39,41-43,46-48,50,52-87H2,1-5H3/p+1/b10-8-,11-9-,16-14-,17-15-,22-20-,23-21-,28-26-,29-27-,34-32-,40-38-,45-44-,51-49-. The number of esters is 2. The van der Waals surface area contributed by atoms with Gasteiger partial charge in [0.1, 0.15) is 13.2 Å². The van der Waals surface area contributed by atoms with Crippen LogP contribution in [0.4, 0.5) is 0 Å². The summed E-state index contributed by atoms with van der Waals surface area (Å²) in [4.78, 5) is 37.8. The molecule has 0 saturated carbocycles. The van der Waals surface area contributed by atoms with Gasteiger partial charge in [0, 0.05) is 12.8 Å². The van der Waals surface area contributed by atoms with Crippen LogP contribution < -0.4 is 0 Å². The van der Waals surface area contributed by atoms with Gasteiger partial charge < -0.3 is 28.5 Å². The first-order valence-electron chi connectivity index (χ1n) is 42.0. The molecule has 0 spiro atoms. The Morgan fingerprint density at radius 1 is 0.297 bits per heavy atom. The number of unbranched alkanes of at least 4 members (excludes halogenated alkanes) is 38. The summed E-state index contributed by atoms with van der Waals surface area (Å²) >= 11 is 0. The molecule has 0 bridgehead atoms. The Labute approximate surface area is 623 Å². The molecule has 0 fully saturated rings. The Morgan fingerprint density at radius 2 is 0.535 bits per heavy atom. The summed E-state index contributed by atoms with van der Waals surface area (Å²) in [6, 6.07) is 0. The summed E-state index contributed by atoms with van der Waals surface area (Å²) in [6.45, 7) is 4.68. The second kappa shape index (κ2) is 80.8. The van der Waals surface area contributed by atoms with Crippen molar-refractivity contribution in [3.05, 3.63) is 146 Å². The largest absolute Gasteiger partial charge is 0.477 e. The highest BCUT2D eigenvalue weighted by Gasteiger charge is 2.25. The van der Waals surface area contributed by atoms with Gasteiger partial charge in [0.15, 0.2) is 6.10 Å². The molecule has 101 heavy (non-hydrogen) atoms. The van der Waals surface area contributed by atoms with Crippen LogP contribution in [0.2, 0.25) is 0 Å².